The van der Waals surface area contributed by atoms with E-state index in [4.69, 9.17) is 0 Å². The van der Waals surface area contributed by atoms with Gasteiger partial charge < -0.3 is 10.2 Å². The van der Waals surface area contributed by atoms with E-state index in [1.54, 1.807) is 29.3 Å². The van der Waals surface area contributed by atoms with Crippen LogP contribution in [-0.2, 0) is 4.79 Å². The highest BCUT2D eigenvalue weighted by molar-refractivity contribution is 6.09. The molecule has 0 saturated carbocycles. The number of anilines is 2. The molecule has 3 aromatic rings. The molecule has 1 aliphatic rings. The minimum absolute atomic E-state index is 0.107. The summed E-state index contributed by atoms with van der Waals surface area (Å²) in [6.07, 6.45) is 3.13. The summed E-state index contributed by atoms with van der Waals surface area (Å²) < 4.78 is 0. The fourth-order valence-corrected chi connectivity index (χ4v) is 3.14. The molecule has 25 heavy (non-hydrogen) atoms. The van der Waals surface area contributed by atoms with Crippen LogP contribution in [0.3, 0.4) is 0 Å². The van der Waals surface area contributed by atoms with E-state index in [0.29, 0.717) is 24.2 Å². The third kappa shape index (κ3) is 2.96. The molecule has 5 heteroatoms. The van der Waals surface area contributed by atoms with Gasteiger partial charge in [-0.1, -0.05) is 24.3 Å². The first-order valence-electron chi connectivity index (χ1n) is 8.28. The van der Waals surface area contributed by atoms with Crippen LogP contribution in [0, 0.1) is 0 Å². The van der Waals surface area contributed by atoms with Crippen molar-refractivity contribution in [1.82, 2.24) is 4.98 Å². The molecular formula is C20H17N3O2. The molecule has 0 spiro atoms. The molecule has 0 radical (unpaired) electrons. The van der Waals surface area contributed by atoms with Gasteiger partial charge >= 0.3 is 0 Å². The molecule has 0 unspecified atom stereocenters. The zero-order valence-corrected chi connectivity index (χ0v) is 13.6. The molecule has 0 atom stereocenters. The molecule has 5 nitrogen and oxygen atoms in total. The first-order valence-corrected chi connectivity index (χ1v) is 8.28. The maximum atomic E-state index is 12.7. The van der Waals surface area contributed by atoms with Crippen molar-refractivity contribution < 1.29 is 9.59 Å². The van der Waals surface area contributed by atoms with E-state index in [1.807, 2.05) is 36.4 Å². The second-order valence-electron chi connectivity index (χ2n) is 6.03. The highest BCUT2D eigenvalue weighted by Crippen LogP contribution is 2.24. The molecule has 1 fully saturated rings. The van der Waals surface area contributed by atoms with Crippen molar-refractivity contribution in [2.75, 3.05) is 16.8 Å². The number of carbonyl (C=O) groups excluding carboxylic acids is 2. The van der Waals surface area contributed by atoms with Crippen molar-refractivity contribution in [3.8, 4) is 0 Å². The second kappa shape index (κ2) is 6.36. The minimum Gasteiger partial charge on any atom is -0.320 e. The van der Waals surface area contributed by atoms with Gasteiger partial charge in [-0.25, -0.2) is 0 Å². The van der Waals surface area contributed by atoms with Crippen molar-refractivity contribution >= 4 is 34.1 Å². The predicted molar refractivity (Wildman–Crippen MR) is 97.7 cm³/mol. The van der Waals surface area contributed by atoms with E-state index >= 15 is 0 Å². The number of para-hydroxylation sites is 1. The van der Waals surface area contributed by atoms with Gasteiger partial charge in [0.05, 0.1) is 11.2 Å². The zero-order chi connectivity index (χ0) is 17.2. The Morgan fingerprint density at radius 3 is 2.76 bits per heavy atom. The fraction of sp³-hybridized carbons (Fsp3) is 0.150. The highest BCUT2D eigenvalue weighted by Gasteiger charge is 2.22. The summed E-state index contributed by atoms with van der Waals surface area (Å²) in [6.45, 7) is 0.706. The lowest BCUT2D eigenvalue weighted by Gasteiger charge is -2.16. The molecule has 0 bridgehead atoms. The number of nitrogens with zero attached hydrogens (tertiary/aromatic N) is 2. The van der Waals surface area contributed by atoms with E-state index in [-0.39, 0.29) is 11.8 Å². The van der Waals surface area contributed by atoms with Gasteiger partial charge in [-0.15, -0.1) is 0 Å². The standard InChI is InChI=1S/C20H17N3O2/c24-18-10-4-12-23(18)16-8-1-6-15(13-16)20(25)22-17-9-2-5-14-7-3-11-21-19(14)17/h1-3,5-9,11,13H,4,10,12H2,(H,22,25). The SMILES string of the molecule is O=C(Nc1cccc2cccnc12)c1cccc(N2CCCC2=O)c1. The van der Waals surface area contributed by atoms with E-state index < -0.39 is 0 Å². The third-order valence-corrected chi connectivity index (χ3v) is 4.37. The van der Waals surface area contributed by atoms with Crippen LogP contribution in [0.2, 0.25) is 0 Å². The molecule has 1 saturated heterocycles. The minimum atomic E-state index is -0.216. The summed E-state index contributed by atoms with van der Waals surface area (Å²) in [5, 5.41) is 3.89. The maximum Gasteiger partial charge on any atom is 0.255 e. The summed E-state index contributed by atoms with van der Waals surface area (Å²) in [5.41, 5.74) is 2.71. The first-order chi connectivity index (χ1) is 12.2. The number of benzene rings is 2. The monoisotopic (exact) mass is 331 g/mol. The Labute approximate surface area is 145 Å². The number of nitrogens with one attached hydrogen (secondary N) is 1. The average molecular weight is 331 g/mol. The molecule has 1 aliphatic heterocycles. The maximum absolute atomic E-state index is 12.7. The van der Waals surface area contributed by atoms with Crippen molar-refractivity contribution in [2.24, 2.45) is 0 Å². The molecule has 1 aromatic heterocycles. The van der Waals surface area contributed by atoms with E-state index in [1.165, 1.54) is 0 Å². The Hall–Kier alpha value is -3.21. The predicted octanol–water partition coefficient (Wildman–Crippen LogP) is 3.61. The molecule has 2 aromatic carbocycles. The zero-order valence-electron chi connectivity index (χ0n) is 13.6. The number of aromatic nitrogens is 1. The first kappa shape index (κ1) is 15.3. The van der Waals surface area contributed by atoms with Crippen molar-refractivity contribution in [1.29, 1.82) is 0 Å². The van der Waals surface area contributed by atoms with Gasteiger partial charge in [0, 0.05) is 35.8 Å². The highest BCUT2D eigenvalue weighted by atomic mass is 16.2. The summed E-state index contributed by atoms with van der Waals surface area (Å²) >= 11 is 0. The number of fused-ring (bicyclic) bond motifs is 1. The lowest BCUT2D eigenvalue weighted by Crippen LogP contribution is -2.24. The van der Waals surface area contributed by atoms with Gasteiger partial charge in [-0.2, -0.15) is 0 Å². The molecule has 0 aliphatic carbocycles. The summed E-state index contributed by atoms with van der Waals surface area (Å²) in [4.78, 5) is 30.7. The number of hydrogen-bond donors (Lipinski definition) is 1. The van der Waals surface area contributed by atoms with Crippen LogP contribution in [0.4, 0.5) is 11.4 Å². The lowest BCUT2D eigenvalue weighted by atomic mass is 10.1. The smallest absolute Gasteiger partial charge is 0.255 e. The second-order valence-corrected chi connectivity index (χ2v) is 6.03. The lowest BCUT2D eigenvalue weighted by molar-refractivity contribution is -0.117. The van der Waals surface area contributed by atoms with Gasteiger partial charge in [0.1, 0.15) is 0 Å². The van der Waals surface area contributed by atoms with Crippen molar-refractivity contribution in [3.05, 3.63) is 66.4 Å². The fourth-order valence-electron chi connectivity index (χ4n) is 3.14. The topological polar surface area (TPSA) is 62.3 Å². The largest absolute Gasteiger partial charge is 0.320 e. The third-order valence-electron chi connectivity index (χ3n) is 4.37. The number of hydrogen-bond acceptors (Lipinski definition) is 3. The van der Waals surface area contributed by atoms with E-state index in [0.717, 1.165) is 23.0 Å². The normalized spacial score (nSPS) is 14.1. The van der Waals surface area contributed by atoms with E-state index in [2.05, 4.69) is 10.3 Å². The number of pyridine rings is 1. The van der Waals surface area contributed by atoms with Crippen molar-refractivity contribution in [3.63, 3.8) is 0 Å². The summed E-state index contributed by atoms with van der Waals surface area (Å²) in [5.74, 6) is -0.109. The van der Waals surface area contributed by atoms with Crippen LogP contribution >= 0.6 is 0 Å². The van der Waals surface area contributed by atoms with Crippen LogP contribution in [0.25, 0.3) is 10.9 Å². The Kier molecular flexibility index (Phi) is 3.90. The van der Waals surface area contributed by atoms with E-state index in [9.17, 15) is 9.59 Å². The summed E-state index contributed by atoms with van der Waals surface area (Å²) in [7, 11) is 0. The molecule has 124 valence electrons. The van der Waals surface area contributed by atoms with Gasteiger partial charge in [0.25, 0.3) is 5.91 Å². The van der Waals surface area contributed by atoms with Crippen LogP contribution in [-0.4, -0.2) is 23.3 Å². The Balaban J connectivity index is 1.62. The van der Waals surface area contributed by atoms with Crippen molar-refractivity contribution in [2.45, 2.75) is 12.8 Å². The van der Waals surface area contributed by atoms with Crippen LogP contribution in [0.5, 0.6) is 0 Å². The summed E-state index contributed by atoms with van der Waals surface area (Å²) in [6, 6.07) is 16.7. The number of carbonyl (C=O) groups is 2. The molecule has 1 N–H and O–H groups in total. The van der Waals surface area contributed by atoms with Crippen LogP contribution in [0.1, 0.15) is 23.2 Å². The van der Waals surface area contributed by atoms with Crippen LogP contribution in [0.15, 0.2) is 60.8 Å². The average Bonchev–Trinajstić information content (AvgIpc) is 3.08. The van der Waals surface area contributed by atoms with Gasteiger partial charge in [0.15, 0.2) is 0 Å². The van der Waals surface area contributed by atoms with Gasteiger partial charge in [-0.3, -0.25) is 14.6 Å². The van der Waals surface area contributed by atoms with Crippen LogP contribution < -0.4 is 10.2 Å². The number of amides is 2. The Bertz CT molecular complexity index is 963. The van der Waals surface area contributed by atoms with Gasteiger partial charge in [0.2, 0.25) is 5.91 Å². The number of rotatable bonds is 3. The Morgan fingerprint density at radius 1 is 1.08 bits per heavy atom. The molecule has 2 amide bonds. The Morgan fingerprint density at radius 2 is 1.92 bits per heavy atom. The molecular weight excluding hydrogens is 314 g/mol. The molecule has 4 rings (SSSR count). The quantitative estimate of drug-likeness (QED) is 0.797. The molecule has 2 heterocycles. The van der Waals surface area contributed by atoms with Gasteiger partial charge in [-0.05, 0) is 36.8 Å².